The number of hydrogen-bond donors (Lipinski definition) is 0. The van der Waals surface area contributed by atoms with Crippen LogP contribution in [0.2, 0.25) is 0 Å². The Hall–Kier alpha value is 0.885. The molecular formula is C8H10CaHgO2. The van der Waals surface area contributed by atoms with Gasteiger partial charge in [-0.1, -0.05) is 0 Å². The molecule has 0 aliphatic rings. The average molecular weight is 379 g/mol. The van der Waals surface area contributed by atoms with Gasteiger partial charge < -0.3 is 0 Å². The molecule has 2 nitrogen and oxygen atoms in total. The molecule has 1 rings (SSSR count). The summed E-state index contributed by atoms with van der Waals surface area (Å²) in [7, 11) is 0. The summed E-state index contributed by atoms with van der Waals surface area (Å²) in [5, 5.41) is 0. The quantitative estimate of drug-likeness (QED) is 0.675. The van der Waals surface area contributed by atoms with Crippen LogP contribution < -0.4 is 3.07 Å². The van der Waals surface area contributed by atoms with Crippen LogP contribution in [0.3, 0.4) is 0 Å². The van der Waals surface area contributed by atoms with Gasteiger partial charge in [0.05, 0.1) is 0 Å². The Bertz CT molecular complexity index is 238. The normalized spacial score (nSPS) is 7.75. The van der Waals surface area contributed by atoms with Crippen molar-refractivity contribution in [3.63, 3.8) is 0 Å². The van der Waals surface area contributed by atoms with E-state index >= 15 is 0 Å². The number of carbonyl (C=O) groups excluding carboxylic acids is 1. The van der Waals surface area contributed by atoms with Gasteiger partial charge in [0.25, 0.3) is 0 Å². The second-order valence-corrected chi connectivity index (χ2v) is 7.68. The van der Waals surface area contributed by atoms with Crippen molar-refractivity contribution in [2.75, 3.05) is 0 Å². The molecule has 0 unspecified atom stereocenters. The Morgan fingerprint density at radius 1 is 1.33 bits per heavy atom. The van der Waals surface area contributed by atoms with Crippen molar-refractivity contribution in [2.24, 2.45) is 0 Å². The van der Waals surface area contributed by atoms with Gasteiger partial charge in [-0.05, 0) is 0 Å². The number of benzene rings is 1. The van der Waals surface area contributed by atoms with E-state index in [1.165, 1.54) is 10.00 Å². The summed E-state index contributed by atoms with van der Waals surface area (Å²) >= 11 is -1.52. The molecule has 1 aromatic carbocycles. The Morgan fingerprint density at radius 2 is 1.92 bits per heavy atom. The summed E-state index contributed by atoms with van der Waals surface area (Å²) in [6.07, 6.45) is 0. The van der Waals surface area contributed by atoms with Crippen LogP contribution in [0.4, 0.5) is 0 Å². The van der Waals surface area contributed by atoms with Crippen molar-refractivity contribution in [1.29, 1.82) is 0 Å². The van der Waals surface area contributed by atoms with Crippen molar-refractivity contribution in [3.8, 4) is 0 Å². The molecule has 0 radical (unpaired) electrons. The molecule has 0 heterocycles. The topological polar surface area (TPSA) is 26.3 Å². The van der Waals surface area contributed by atoms with Crippen molar-refractivity contribution in [1.82, 2.24) is 0 Å². The molecule has 0 amide bonds. The van der Waals surface area contributed by atoms with Crippen molar-refractivity contribution in [3.05, 3.63) is 30.3 Å². The molecule has 0 bridgehead atoms. The number of hydrogen-bond acceptors (Lipinski definition) is 2. The van der Waals surface area contributed by atoms with Crippen LogP contribution >= 0.6 is 0 Å². The second kappa shape index (κ2) is 7.30. The van der Waals surface area contributed by atoms with Gasteiger partial charge in [-0.2, -0.15) is 0 Å². The first-order chi connectivity index (χ1) is 5.29. The Labute approximate surface area is 115 Å². The van der Waals surface area contributed by atoms with Gasteiger partial charge in [0, 0.05) is 0 Å². The van der Waals surface area contributed by atoms with E-state index in [0.717, 1.165) is 0 Å². The van der Waals surface area contributed by atoms with E-state index in [1.807, 2.05) is 30.3 Å². The standard InChI is InChI=1S/C6H5.C2H4O2.Ca.Hg.2H/c1-2-4-6-5-3-1;1-2(3)4;;;;/h1-5H;1H3,(H,3,4);;;;/q;;;+1;;/p-1. The average Bonchev–Trinajstić information content (AvgIpc) is 2.03. The van der Waals surface area contributed by atoms with E-state index in [1.54, 1.807) is 0 Å². The first kappa shape index (κ1) is 12.9. The summed E-state index contributed by atoms with van der Waals surface area (Å²) < 4.78 is 6.25. The van der Waals surface area contributed by atoms with E-state index in [0.29, 0.717) is 0 Å². The van der Waals surface area contributed by atoms with Crippen molar-refractivity contribution < 1.29 is 32.5 Å². The Kier molecular flexibility index (Phi) is 7.84. The third kappa shape index (κ3) is 5.52. The molecule has 0 fully saturated rings. The number of rotatable bonds is 2. The molecule has 0 aromatic heterocycles. The minimum atomic E-state index is -1.52. The van der Waals surface area contributed by atoms with Crippen LogP contribution in [-0.4, -0.2) is 43.7 Å². The van der Waals surface area contributed by atoms with Gasteiger partial charge in [0.2, 0.25) is 0 Å². The Balaban J connectivity index is 0.00000121. The van der Waals surface area contributed by atoms with Crippen LogP contribution in [0.15, 0.2) is 30.3 Å². The molecular weight excluding hydrogens is 369 g/mol. The molecule has 58 valence electrons. The van der Waals surface area contributed by atoms with Gasteiger partial charge in [0.1, 0.15) is 0 Å². The molecule has 1 aromatic rings. The Morgan fingerprint density at radius 3 is 2.42 bits per heavy atom. The fraction of sp³-hybridized carbons (Fsp3) is 0.125. The van der Waals surface area contributed by atoms with E-state index in [2.05, 4.69) is 0 Å². The van der Waals surface area contributed by atoms with Crippen LogP contribution in [-0.2, 0) is 32.5 Å². The fourth-order valence-electron chi connectivity index (χ4n) is 0.759. The monoisotopic (exact) mass is 380 g/mol. The zero-order chi connectivity index (χ0) is 8.10. The van der Waals surface area contributed by atoms with Gasteiger partial charge in [-0.25, -0.2) is 0 Å². The summed E-state index contributed by atoms with van der Waals surface area (Å²) in [4.78, 5) is 10.5. The SMILES string of the molecule is CC(=O)[O][Hg][c]1ccccc1.[CaH2]. The molecule has 0 aliphatic carbocycles. The first-order valence-corrected chi connectivity index (χ1v) is 8.45. The molecule has 4 heteroatoms. The second-order valence-electron chi connectivity index (χ2n) is 2.27. The van der Waals surface area contributed by atoms with Gasteiger partial charge in [-0.15, -0.1) is 0 Å². The van der Waals surface area contributed by atoms with E-state index < -0.39 is 25.0 Å². The van der Waals surface area contributed by atoms with Crippen LogP contribution in [0.1, 0.15) is 6.92 Å². The van der Waals surface area contributed by atoms with Gasteiger partial charge >= 0.3 is 117 Å². The predicted molar refractivity (Wildman–Crippen MR) is 46.4 cm³/mol. The molecule has 0 spiro atoms. The molecule has 0 saturated carbocycles. The third-order valence-corrected chi connectivity index (χ3v) is 6.55. The number of carbonyl (C=O) groups is 1. The van der Waals surface area contributed by atoms with E-state index in [-0.39, 0.29) is 43.7 Å². The summed E-state index contributed by atoms with van der Waals surface area (Å²) in [6, 6.07) is 9.94. The third-order valence-electron chi connectivity index (χ3n) is 1.28. The van der Waals surface area contributed by atoms with Crippen LogP contribution in [0.5, 0.6) is 0 Å². The molecule has 0 atom stereocenters. The molecule has 0 aliphatic heterocycles. The maximum absolute atomic E-state index is 10.5. The van der Waals surface area contributed by atoms with Gasteiger partial charge in [-0.3, -0.25) is 0 Å². The first-order valence-electron chi connectivity index (χ1n) is 3.46. The maximum atomic E-state index is 10.5. The summed E-state index contributed by atoms with van der Waals surface area (Å²) in [6.45, 7) is 1.46. The van der Waals surface area contributed by atoms with E-state index in [4.69, 9.17) is 2.64 Å². The van der Waals surface area contributed by atoms with Gasteiger partial charge in [0.15, 0.2) is 0 Å². The predicted octanol–water partition coefficient (Wildman–Crippen LogP) is -0.0437. The van der Waals surface area contributed by atoms with E-state index in [9.17, 15) is 4.79 Å². The zero-order valence-corrected chi connectivity index (χ0v) is 11.9. The summed E-state index contributed by atoms with van der Waals surface area (Å²) in [5.74, 6) is -0.143. The van der Waals surface area contributed by atoms with Crippen LogP contribution in [0, 0.1) is 0 Å². The molecule has 0 N–H and O–H groups in total. The minimum absolute atomic E-state index is 0. The van der Waals surface area contributed by atoms with Crippen LogP contribution in [0.25, 0.3) is 0 Å². The zero-order valence-electron chi connectivity index (χ0n) is 6.41. The molecule has 12 heavy (non-hydrogen) atoms. The van der Waals surface area contributed by atoms with Crippen molar-refractivity contribution >= 4 is 46.8 Å². The molecule has 0 saturated heterocycles. The summed E-state index contributed by atoms with van der Waals surface area (Å²) in [5.41, 5.74) is 0. The van der Waals surface area contributed by atoms with Crippen molar-refractivity contribution in [2.45, 2.75) is 6.92 Å². The fourth-order valence-corrected chi connectivity index (χ4v) is 4.00.